The van der Waals surface area contributed by atoms with E-state index >= 15 is 0 Å². The predicted octanol–water partition coefficient (Wildman–Crippen LogP) is 6.98. The number of nitrogens with zero attached hydrogens (tertiary/aromatic N) is 2. The minimum atomic E-state index is -0.821. The number of pyridine rings is 1. The fraction of sp³-hybridized carbons (Fsp3) is 0.513. The summed E-state index contributed by atoms with van der Waals surface area (Å²) in [7, 11) is 3.53. The number of amides is 2. The summed E-state index contributed by atoms with van der Waals surface area (Å²) in [5.74, 6) is 2.38. The summed E-state index contributed by atoms with van der Waals surface area (Å²) in [6.45, 7) is 4.49. The van der Waals surface area contributed by atoms with Crippen LogP contribution in [0.2, 0.25) is 0 Å². The van der Waals surface area contributed by atoms with E-state index in [1.165, 1.54) is 22.6 Å². The topological polar surface area (TPSA) is 115 Å². The third-order valence-corrected chi connectivity index (χ3v) is 14.9. The molecule has 1 saturated carbocycles. The smallest absolute Gasteiger partial charge is 0.340 e. The van der Waals surface area contributed by atoms with Gasteiger partial charge in [0.25, 0.3) is 11.8 Å². The standard InChI is InChI=1S/C39H41N3O6S2/c1-3-4-21-6-7-23-15-25-24-11-13-39(34(25)33-31(23)36(21)48-37(33)45)27-8-5-20(2)18-49-50-19-41-28-16-22(12-14-40-28)26(32(24)35(39)38(46)47-27)17-42-29(43)9-10-30(42)44/h8-10,12,14,16,20,23-26,34H,3-7,11,13,15,17-19H2,1-2H3,(H,40,41)/b27-8+/t20-,23+,24+,25+,26+,34-,39+/m1/s1. The zero-order chi connectivity index (χ0) is 34.3. The van der Waals surface area contributed by atoms with Crippen molar-refractivity contribution >= 4 is 51.2 Å². The van der Waals surface area contributed by atoms with Crippen LogP contribution in [0.15, 0.2) is 75.9 Å². The Balaban J connectivity index is 1.29. The van der Waals surface area contributed by atoms with Crippen molar-refractivity contribution in [2.75, 3.05) is 23.5 Å². The maximum Gasteiger partial charge on any atom is 0.340 e. The van der Waals surface area contributed by atoms with Gasteiger partial charge < -0.3 is 14.8 Å². The number of nitrogens with one attached hydrogen (secondary N) is 1. The first-order chi connectivity index (χ1) is 24.3. The Labute approximate surface area is 299 Å². The maximum atomic E-state index is 14.5. The molecule has 9 aliphatic rings. The van der Waals surface area contributed by atoms with Crippen LogP contribution in [0.25, 0.3) is 0 Å². The average Bonchev–Trinajstić information content (AvgIpc) is 3.74. The molecule has 10 rings (SSSR count). The van der Waals surface area contributed by atoms with E-state index in [1.54, 1.807) is 27.8 Å². The first kappa shape index (κ1) is 32.3. The third-order valence-electron chi connectivity index (χ3n) is 12.5. The quantitative estimate of drug-likeness (QED) is 0.199. The third kappa shape index (κ3) is 4.78. The molecule has 50 heavy (non-hydrogen) atoms. The highest BCUT2D eigenvalue weighted by Crippen LogP contribution is 2.73. The Morgan fingerprint density at radius 1 is 1.06 bits per heavy atom. The second kappa shape index (κ2) is 12.3. The van der Waals surface area contributed by atoms with Crippen molar-refractivity contribution in [2.24, 2.45) is 35.0 Å². The van der Waals surface area contributed by atoms with E-state index in [9.17, 15) is 19.2 Å². The van der Waals surface area contributed by atoms with Gasteiger partial charge in [-0.05, 0) is 104 Å². The summed E-state index contributed by atoms with van der Waals surface area (Å²) in [5.41, 5.74) is 4.78. The molecule has 2 amide bonds. The van der Waals surface area contributed by atoms with Gasteiger partial charge in [0.2, 0.25) is 0 Å². The molecule has 7 bridgehead atoms. The Morgan fingerprint density at radius 3 is 2.72 bits per heavy atom. The van der Waals surface area contributed by atoms with Crippen LogP contribution in [0.5, 0.6) is 0 Å². The summed E-state index contributed by atoms with van der Waals surface area (Å²) in [4.78, 5) is 60.8. The summed E-state index contributed by atoms with van der Waals surface area (Å²) in [6.07, 6.45) is 13.5. The number of carbonyl (C=O) groups excluding carboxylic acids is 4. The molecule has 5 heterocycles. The maximum absolute atomic E-state index is 14.5. The van der Waals surface area contributed by atoms with Crippen molar-refractivity contribution in [2.45, 2.75) is 71.1 Å². The molecule has 9 nitrogen and oxygen atoms in total. The van der Waals surface area contributed by atoms with Crippen molar-refractivity contribution in [1.82, 2.24) is 9.88 Å². The number of esters is 2. The SMILES string of the molecule is CCCC1=C2OC(=O)C3=C2[C@@H](CC1)C[C@H]1[C@@H]2CC[C@@]4(C5=C2[C@@H](CN2C(=O)C=CC2=O)c2ccnc(c2)NCSSC[C@H](C)C/C=C\4OC5=O)[C@@H]31. The van der Waals surface area contributed by atoms with Crippen LogP contribution in [-0.2, 0) is 28.7 Å². The van der Waals surface area contributed by atoms with Gasteiger partial charge in [-0.3, -0.25) is 14.5 Å². The number of hydrogen-bond acceptors (Lipinski definition) is 10. The number of imide groups is 1. The summed E-state index contributed by atoms with van der Waals surface area (Å²) >= 11 is 0. The minimum absolute atomic E-state index is 0.0317. The summed E-state index contributed by atoms with van der Waals surface area (Å²) in [5, 5.41) is 3.45. The van der Waals surface area contributed by atoms with E-state index in [0.717, 1.165) is 78.7 Å². The van der Waals surface area contributed by atoms with Gasteiger partial charge in [-0.15, -0.1) is 0 Å². The van der Waals surface area contributed by atoms with Gasteiger partial charge in [0.05, 0.1) is 16.9 Å². The lowest BCUT2D eigenvalue weighted by Crippen LogP contribution is -2.54. The molecule has 260 valence electrons. The number of hydrogen-bond donors (Lipinski definition) is 1. The molecule has 11 heteroatoms. The highest BCUT2D eigenvalue weighted by molar-refractivity contribution is 8.76. The Hall–Kier alpha value is -3.57. The second-order valence-electron chi connectivity index (χ2n) is 15.1. The van der Waals surface area contributed by atoms with Crippen LogP contribution in [0, 0.1) is 35.0 Å². The molecule has 1 saturated heterocycles. The monoisotopic (exact) mass is 711 g/mol. The van der Waals surface area contributed by atoms with Crippen LogP contribution < -0.4 is 5.32 Å². The number of allylic oxidation sites excluding steroid dienone is 4. The number of anilines is 1. The molecule has 2 fully saturated rings. The highest BCUT2D eigenvalue weighted by atomic mass is 33.1. The van der Waals surface area contributed by atoms with Gasteiger partial charge in [0.15, 0.2) is 0 Å². The molecule has 4 aliphatic heterocycles. The summed E-state index contributed by atoms with van der Waals surface area (Å²) < 4.78 is 12.6. The Morgan fingerprint density at radius 2 is 1.90 bits per heavy atom. The van der Waals surface area contributed by atoms with Crippen molar-refractivity contribution in [3.63, 3.8) is 0 Å². The average molecular weight is 712 g/mol. The fourth-order valence-electron chi connectivity index (χ4n) is 10.6. The highest BCUT2D eigenvalue weighted by Gasteiger charge is 2.70. The van der Waals surface area contributed by atoms with Gasteiger partial charge in [0, 0.05) is 53.6 Å². The lowest BCUT2D eigenvalue weighted by atomic mass is 9.42. The van der Waals surface area contributed by atoms with Crippen LogP contribution in [0.4, 0.5) is 5.82 Å². The number of ether oxygens (including phenoxy) is 2. The Kier molecular flexibility index (Phi) is 7.95. The zero-order valence-electron chi connectivity index (χ0n) is 28.4. The predicted molar refractivity (Wildman–Crippen MR) is 191 cm³/mol. The number of rotatable bonds is 4. The Bertz CT molecular complexity index is 1880. The first-order valence-corrected chi connectivity index (χ1v) is 20.6. The molecule has 1 N–H and O–H groups in total. The zero-order valence-corrected chi connectivity index (χ0v) is 30.0. The fourth-order valence-corrected chi connectivity index (χ4v) is 12.7. The molecular weight excluding hydrogens is 671 g/mol. The van der Waals surface area contributed by atoms with Crippen molar-refractivity contribution in [1.29, 1.82) is 0 Å². The van der Waals surface area contributed by atoms with Gasteiger partial charge in [-0.25, -0.2) is 14.6 Å². The van der Waals surface area contributed by atoms with E-state index in [4.69, 9.17) is 9.47 Å². The van der Waals surface area contributed by atoms with E-state index < -0.39 is 11.3 Å². The lowest BCUT2D eigenvalue weighted by Gasteiger charge is -2.58. The van der Waals surface area contributed by atoms with E-state index in [0.29, 0.717) is 35.4 Å². The molecule has 1 aromatic heterocycles. The molecule has 0 aromatic carbocycles. The molecular formula is C39H41N3O6S2. The lowest BCUT2D eigenvalue weighted by molar-refractivity contribution is -0.137. The molecule has 7 atom stereocenters. The molecule has 0 unspecified atom stereocenters. The van der Waals surface area contributed by atoms with Gasteiger partial charge in [0.1, 0.15) is 17.3 Å². The first-order valence-electron chi connectivity index (χ1n) is 18.1. The van der Waals surface area contributed by atoms with Crippen LogP contribution in [-0.4, -0.2) is 51.8 Å². The van der Waals surface area contributed by atoms with Gasteiger partial charge >= 0.3 is 11.9 Å². The number of fused-ring (bicyclic) bond motifs is 3. The normalized spacial score (nSPS) is 35.6. The van der Waals surface area contributed by atoms with Crippen LogP contribution in [0.1, 0.15) is 76.7 Å². The molecule has 1 aromatic rings. The van der Waals surface area contributed by atoms with Crippen molar-refractivity contribution in [3.8, 4) is 0 Å². The molecule has 5 aliphatic carbocycles. The van der Waals surface area contributed by atoms with E-state index in [1.807, 2.05) is 12.1 Å². The van der Waals surface area contributed by atoms with Crippen molar-refractivity contribution < 1.29 is 28.7 Å². The summed E-state index contributed by atoms with van der Waals surface area (Å²) in [6, 6.07) is 3.95. The largest absolute Gasteiger partial charge is 0.427 e. The van der Waals surface area contributed by atoms with Gasteiger partial charge in [-0.2, -0.15) is 0 Å². The second-order valence-corrected chi connectivity index (χ2v) is 17.6. The van der Waals surface area contributed by atoms with Crippen molar-refractivity contribution in [3.05, 3.63) is 81.5 Å². The van der Waals surface area contributed by atoms with E-state index in [-0.39, 0.29) is 54.0 Å². The van der Waals surface area contributed by atoms with E-state index in [2.05, 4.69) is 30.2 Å². The van der Waals surface area contributed by atoms with Crippen LogP contribution in [0.3, 0.4) is 0 Å². The molecule has 0 radical (unpaired) electrons. The molecule has 1 spiro atoms. The van der Waals surface area contributed by atoms with Crippen LogP contribution >= 0.6 is 21.6 Å². The number of carbonyl (C=O) groups is 4. The minimum Gasteiger partial charge on any atom is -0.427 e. The van der Waals surface area contributed by atoms with Gasteiger partial charge in [-0.1, -0.05) is 41.9 Å². The number of aromatic nitrogens is 1.